The average Bonchev–Trinajstić information content (AvgIpc) is 3.07. The van der Waals surface area contributed by atoms with Crippen LogP contribution in [0.1, 0.15) is 161 Å². The minimum Gasteiger partial charge on any atom is -0.361 e. The number of primary amides is 1. The minimum atomic E-state index is -0.639. The average molecular weight is 687 g/mol. The summed E-state index contributed by atoms with van der Waals surface area (Å²) in [6, 6.07) is 22.5. The molecule has 2 fully saturated rings. The van der Waals surface area contributed by atoms with E-state index >= 15 is 0 Å². The molecule has 0 unspecified atom stereocenters. The Morgan fingerprint density at radius 2 is 0.915 bits per heavy atom. The molecule has 4 nitrogen and oxygen atoms in total. The first-order chi connectivity index (χ1) is 22.4. The Balaban J connectivity index is 0.000000636. The molecule has 2 aromatic rings. The molecule has 2 saturated carbocycles. The number of unbranched alkanes of at least 4 members (excludes halogenated alkanes) is 8. The SMILES string of the molecule is C.CCCCCCCc1ccccc1.CCCCCCCc1ccccc1.NC(=O)S.O=C(S)N(C1CCCCC1)C1CCCCC1. The molecule has 2 aromatic carbocycles. The van der Waals surface area contributed by atoms with Crippen LogP contribution < -0.4 is 5.73 Å². The molecule has 0 saturated heterocycles. The number of hydrogen-bond donors (Lipinski definition) is 3. The molecule has 268 valence electrons. The lowest BCUT2D eigenvalue weighted by molar-refractivity contribution is 0.122. The van der Waals surface area contributed by atoms with Crippen LogP contribution in [0, 0.1) is 0 Å². The molecule has 0 atom stereocenters. The van der Waals surface area contributed by atoms with Gasteiger partial charge in [0.15, 0.2) is 0 Å². The second kappa shape index (κ2) is 31.4. The highest BCUT2D eigenvalue weighted by molar-refractivity contribution is 7.96. The van der Waals surface area contributed by atoms with E-state index in [1.54, 1.807) is 0 Å². The fourth-order valence-electron chi connectivity index (χ4n) is 6.48. The van der Waals surface area contributed by atoms with Gasteiger partial charge in [0.1, 0.15) is 0 Å². The standard InChI is InChI=1S/C13H23NOS.2C13H20.CH3NOS.CH4/c15-13(16)14(11-7-3-1-4-8-11)12-9-5-2-6-10-12;2*1-2-3-4-5-7-10-13-11-8-6-9-12-13;2-1(3)4;/h11-12H,1-10H2,(H,15,16);2*6,8-9,11-12H,2-5,7,10H2,1H3;(H3,2,3,4);1H4. The van der Waals surface area contributed by atoms with Gasteiger partial charge in [-0.3, -0.25) is 9.59 Å². The van der Waals surface area contributed by atoms with Crippen molar-refractivity contribution < 1.29 is 9.59 Å². The molecule has 0 heterocycles. The quantitative estimate of drug-likeness (QED) is 0.137. The van der Waals surface area contributed by atoms with Crippen molar-refractivity contribution in [2.45, 2.75) is 175 Å². The van der Waals surface area contributed by atoms with Crippen LogP contribution in [0.25, 0.3) is 0 Å². The van der Waals surface area contributed by atoms with Gasteiger partial charge in [0.25, 0.3) is 10.5 Å². The molecule has 4 rings (SSSR count). The summed E-state index contributed by atoms with van der Waals surface area (Å²) >= 11 is 7.21. The molecule has 0 bridgehead atoms. The molecule has 0 aliphatic heterocycles. The van der Waals surface area contributed by atoms with Crippen molar-refractivity contribution in [2.24, 2.45) is 5.73 Å². The van der Waals surface area contributed by atoms with E-state index < -0.39 is 5.24 Å². The molecule has 2 aliphatic rings. The fourth-order valence-corrected chi connectivity index (χ4v) is 6.81. The number of nitrogens with zero attached hydrogens (tertiary/aromatic N) is 1. The van der Waals surface area contributed by atoms with Gasteiger partial charge in [-0.15, -0.1) is 0 Å². The van der Waals surface area contributed by atoms with Gasteiger partial charge in [-0.1, -0.05) is 197 Å². The van der Waals surface area contributed by atoms with E-state index in [9.17, 15) is 4.79 Å². The van der Waals surface area contributed by atoms with E-state index in [1.807, 2.05) is 0 Å². The van der Waals surface area contributed by atoms with Gasteiger partial charge in [0.2, 0.25) is 0 Å². The lowest BCUT2D eigenvalue weighted by Gasteiger charge is -2.40. The molecule has 2 N–H and O–H groups in total. The molecule has 0 spiro atoms. The van der Waals surface area contributed by atoms with E-state index in [0.717, 1.165) is 0 Å². The number of carbonyl (C=O) groups excluding carboxylic acids is 2. The Hall–Kier alpha value is -1.92. The maximum atomic E-state index is 11.7. The first-order valence-electron chi connectivity index (χ1n) is 18.5. The number of thiol groups is 2. The molecule has 0 radical (unpaired) electrons. The highest BCUT2D eigenvalue weighted by atomic mass is 32.1. The molecule has 2 amide bonds. The van der Waals surface area contributed by atoms with Crippen LogP contribution in [0.4, 0.5) is 9.59 Å². The van der Waals surface area contributed by atoms with Gasteiger partial charge >= 0.3 is 0 Å². The number of amides is 2. The molecular weight excluding hydrogens is 617 g/mol. The molecule has 2 aliphatic carbocycles. The van der Waals surface area contributed by atoms with Crippen molar-refractivity contribution in [1.82, 2.24) is 4.90 Å². The highest BCUT2D eigenvalue weighted by Gasteiger charge is 2.30. The lowest BCUT2D eigenvalue weighted by Crippen LogP contribution is -2.46. The third-order valence-electron chi connectivity index (χ3n) is 8.98. The van der Waals surface area contributed by atoms with E-state index in [4.69, 9.17) is 4.79 Å². The van der Waals surface area contributed by atoms with Crippen molar-refractivity contribution in [3.05, 3.63) is 71.8 Å². The zero-order chi connectivity index (χ0) is 33.7. The number of nitrogens with two attached hydrogens (primary N) is 1. The van der Waals surface area contributed by atoms with Crippen LogP contribution in [0.3, 0.4) is 0 Å². The number of rotatable bonds is 14. The third kappa shape index (κ3) is 24.8. The zero-order valence-electron chi connectivity index (χ0n) is 29.2. The summed E-state index contributed by atoms with van der Waals surface area (Å²) in [5.74, 6) is 0. The number of aryl methyl sites for hydroxylation is 2. The first kappa shape index (κ1) is 45.1. The van der Waals surface area contributed by atoms with Crippen molar-refractivity contribution in [3.63, 3.8) is 0 Å². The normalized spacial score (nSPS) is 14.5. The van der Waals surface area contributed by atoms with Gasteiger partial charge in [-0.25, -0.2) is 0 Å². The van der Waals surface area contributed by atoms with Crippen LogP contribution in [-0.4, -0.2) is 27.5 Å². The fraction of sp³-hybridized carbons (Fsp3) is 0.659. The minimum absolute atomic E-state index is 0. The second-order valence-electron chi connectivity index (χ2n) is 12.9. The third-order valence-corrected chi connectivity index (χ3v) is 9.21. The van der Waals surface area contributed by atoms with Crippen molar-refractivity contribution >= 4 is 35.7 Å². The number of hydrogen-bond acceptors (Lipinski definition) is 2. The van der Waals surface area contributed by atoms with Gasteiger partial charge in [0, 0.05) is 12.1 Å². The molecule has 47 heavy (non-hydrogen) atoms. The Morgan fingerprint density at radius 1 is 0.596 bits per heavy atom. The van der Waals surface area contributed by atoms with E-state index in [2.05, 4.69) is 110 Å². The lowest BCUT2D eigenvalue weighted by atomic mass is 9.89. The smallest absolute Gasteiger partial charge is 0.279 e. The highest BCUT2D eigenvalue weighted by Crippen LogP contribution is 2.31. The van der Waals surface area contributed by atoms with E-state index in [1.165, 1.54) is 152 Å². The van der Waals surface area contributed by atoms with Crippen LogP contribution >= 0.6 is 25.3 Å². The van der Waals surface area contributed by atoms with Crippen molar-refractivity contribution in [2.75, 3.05) is 0 Å². The van der Waals surface area contributed by atoms with E-state index in [0.29, 0.717) is 12.1 Å². The first-order valence-corrected chi connectivity index (χ1v) is 19.4. The second-order valence-corrected chi connectivity index (χ2v) is 13.7. The topological polar surface area (TPSA) is 63.4 Å². The van der Waals surface area contributed by atoms with Crippen LogP contribution in [0.5, 0.6) is 0 Å². The van der Waals surface area contributed by atoms with Gasteiger partial charge in [-0.2, -0.15) is 0 Å². The van der Waals surface area contributed by atoms with Gasteiger partial charge in [-0.05, 0) is 62.5 Å². The van der Waals surface area contributed by atoms with Gasteiger partial charge in [0.05, 0.1) is 0 Å². The predicted molar refractivity (Wildman–Crippen MR) is 213 cm³/mol. The van der Waals surface area contributed by atoms with Crippen molar-refractivity contribution in [3.8, 4) is 0 Å². The number of benzene rings is 2. The molecular formula is C41H70N2O2S2. The summed E-state index contributed by atoms with van der Waals surface area (Å²) in [5, 5.41) is -0.626. The van der Waals surface area contributed by atoms with E-state index in [-0.39, 0.29) is 12.7 Å². The Morgan fingerprint density at radius 3 is 1.21 bits per heavy atom. The Bertz CT molecular complexity index is 906. The molecule has 0 aromatic heterocycles. The summed E-state index contributed by atoms with van der Waals surface area (Å²) in [4.78, 5) is 22.9. The maximum absolute atomic E-state index is 11.7. The predicted octanol–water partition coefficient (Wildman–Crippen LogP) is 13.0. The van der Waals surface area contributed by atoms with Gasteiger partial charge < -0.3 is 10.6 Å². The zero-order valence-corrected chi connectivity index (χ0v) is 31.0. The van der Waals surface area contributed by atoms with Crippen LogP contribution in [-0.2, 0) is 12.8 Å². The Kier molecular flexibility index (Phi) is 30.1. The maximum Gasteiger partial charge on any atom is 0.279 e. The number of carbonyl (C=O) groups is 2. The summed E-state index contributed by atoms with van der Waals surface area (Å²) in [7, 11) is 0. The Labute approximate surface area is 301 Å². The monoisotopic (exact) mass is 686 g/mol. The summed E-state index contributed by atoms with van der Waals surface area (Å²) in [5.41, 5.74) is 7.31. The summed E-state index contributed by atoms with van der Waals surface area (Å²) in [6.07, 6.45) is 28.9. The largest absolute Gasteiger partial charge is 0.361 e. The summed E-state index contributed by atoms with van der Waals surface area (Å²) in [6.45, 7) is 4.52. The van der Waals surface area contributed by atoms with Crippen LogP contribution in [0.15, 0.2) is 60.7 Å². The van der Waals surface area contributed by atoms with Crippen LogP contribution in [0.2, 0.25) is 0 Å². The summed E-state index contributed by atoms with van der Waals surface area (Å²) < 4.78 is 0. The van der Waals surface area contributed by atoms with Crippen molar-refractivity contribution in [1.29, 1.82) is 0 Å². The molecule has 6 heteroatoms.